The van der Waals surface area contributed by atoms with Gasteiger partial charge in [0.1, 0.15) is 18.4 Å². The van der Waals surface area contributed by atoms with Crippen LogP contribution in [0.2, 0.25) is 0 Å². The van der Waals surface area contributed by atoms with Gasteiger partial charge in [-0.3, -0.25) is 0 Å². The summed E-state index contributed by atoms with van der Waals surface area (Å²) >= 11 is 0. The zero-order chi connectivity index (χ0) is 20.2. The summed E-state index contributed by atoms with van der Waals surface area (Å²) in [5, 5.41) is 12.1. The van der Waals surface area contributed by atoms with Gasteiger partial charge in [0.05, 0.1) is 6.61 Å². The van der Waals surface area contributed by atoms with Gasteiger partial charge in [-0.1, -0.05) is 49.7 Å². The maximum Gasteiger partial charge on any atom is 0.350 e. The molecule has 0 aliphatic heterocycles. The number of nitrogens with zero attached hydrogens (tertiary/aromatic N) is 1. The number of hydrogen-bond donors (Lipinski definition) is 1. The number of anilines is 1. The van der Waals surface area contributed by atoms with Gasteiger partial charge in [0, 0.05) is 18.0 Å². The quantitative estimate of drug-likeness (QED) is 0.358. The number of rotatable bonds is 10. The fourth-order valence-electron chi connectivity index (χ4n) is 2.59. The van der Waals surface area contributed by atoms with Crippen molar-refractivity contribution in [3.8, 4) is 11.8 Å². The van der Waals surface area contributed by atoms with Crippen LogP contribution < -0.4 is 10.1 Å². The highest BCUT2D eigenvalue weighted by molar-refractivity contribution is 5.93. The SMILES string of the molecule is CCCCc1ccc(NC=C(C#N)C(=O)OCC)cc1OCc1ccccc1. The lowest BCUT2D eigenvalue weighted by atomic mass is 10.1. The Morgan fingerprint density at radius 1 is 1.18 bits per heavy atom. The van der Waals surface area contributed by atoms with Gasteiger partial charge in [0.15, 0.2) is 5.57 Å². The van der Waals surface area contributed by atoms with E-state index in [1.54, 1.807) is 6.92 Å². The van der Waals surface area contributed by atoms with E-state index in [1.165, 1.54) is 6.20 Å². The van der Waals surface area contributed by atoms with Crippen LogP contribution in [-0.2, 0) is 22.6 Å². The molecule has 5 nitrogen and oxygen atoms in total. The zero-order valence-electron chi connectivity index (χ0n) is 16.4. The monoisotopic (exact) mass is 378 g/mol. The number of ether oxygens (including phenoxy) is 2. The fraction of sp³-hybridized carbons (Fsp3) is 0.304. The molecule has 1 N–H and O–H groups in total. The van der Waals surface area contributed by atoms with Gasteiger partial charge in [0.25, 0.3) is 0 Å². The van der Waals surface area contributed by atoms with Gasteiger partial charge in [-0.15, -0.1) is 0 Å². The highest BCUT2D eigenvalue weighted by atomic mass is 16.5. The van der Waals surface area contributed by atoms with E-state index in [0.29, 0.717) is 6.61 Å². The Kier molecular flexibility index (Phi) is 8.61. The lowest BCUT2D eigenvalue weighted by Crippen LogP contribution is -2.08. The Morgan fingerprint density at radius 2 is 1.96 bits per heavy atom. The molecule has 0 aromatic heterocycles. The maximum atomic E-state index is 11.7. The number of carbonyl (C=O) groups excluding carboxylic acids is 1. The fourth-order valence-corrected chi connectivity index (χ4v) is 2.59. The molecule has 0 fully saturated rings. The first-order valence-electron chi connectivity index (χ1n) is 9.51. The van der Waals surface area contributed by atoms with E-state index >= 15 is 0 Å². The molecule has 0 bridgehead atoms. The number of carbonyl (C=O) groups is 1. The van der Waals surface area contributed by atoms with E-state index in [-0.39, 0.29) is 12.2 Å². The second-order valence-corrected chi connectivity index (χ2v) is 6.23. The molecule has 2 aromatic rings. The Morgan fingerprint density at radius 3 is 2.64 bits per heavy atom. The number of esters is 1. The molecule has 146 valence electrons. The molecule has 2 rings (SSSR count). The van der Waals surface area contributed by atoms with Gasteiger partial charge < -0.3 is 14.8 Å². The normalized spacial score (nSPS) is 10.8. The van der Waals surface area contributed by atoms with Crippen LogP contribution in [0.4, 0.5) is 5.69 Å². The topological polar surface area (TPSA) is 71.4 Å². The summed E-state index contributed by atoms with van der Waals surface area (Å²) in [6.45, 7) is 4.56. The summed E-state index contributed by atoms with van der Waals surface area (Å²) in [6, 6.07) is 17.7. The molecule has 5 heteroatoms. The Labute approximate surface area is 166 Å². The summed E-state index contributed by atoms with van der Waals surface area (Å²) in [4.78, 5) is 11.7. The molecule has 0 heterocycles. The van der Waals surface area contributed by atoms with Crippen molar-refractivity contribution in [1.82, 2.24) is 0 Å². The Hall–Kier alpha value is -3.26. The van der Waals surface area contributed by atoms with Crippen LogP contribution in [0.1, 0.15) is 37.8 Å². The van der Waals surface area contributed by atoms with Gasteiger partial charge in [0.2, 0.25) is 0 Å². The van der Waals surface area contributed by atoms with E-state index in [9.17, 15) is 4.79 Å². The van der Waals surface area contributed by atoms with Crippen LogP contribution in [0.25, 0.3) is 0 Å². The van der Waals surface area contributed by atoms with Crippen LogP contribution in [0.5, 0.6) is 5.75 Å². The lowest BCUT2D eigenvalue weighted by molar-refractivity contribution is -0.138. The molecular weight excluding hydrogens is 352 g/mol. The predicted molar refractivity (Wildman–Crippen MR) is 110 cm³/mol. The van der Waals surface area contributed by atoms with E-state index in [1.807, 2.05) is 54.6 Å². The van der Waals surface area contributed by atoms with Crippen molar-refractivity contribution >= 4 is 11.7 Å². The van der Waals surface area contributed by atoms with Crippen molar-refractivity contribution in [3.63, 3.8) is 0 Å². The summed E-state index contributed by atoms with van der Waals surface area (Å²) in [5.41, 5.74) is 2.89. The van der Waals surface area contributed by atoms with E-state index in [4.69, 9.17) is 14.7 Å². The standard InChI is InChI=1S/C23H26N2O3/c1-3-5-11-19-12-13-21(25-16-20(15-24)23(26)27-4-2)14-22(19)28-17-18-9-7-6-8-10-18/h6-10,12-14,16,25H,3-5,11,17H2,1-2H3. The van der Waals surface area contributed by atoms with Crippen LogP contribution in [0.3, 0.4) is 0 Å². The number of unbranched alkanes of at least 4 members (excludes halogenated alkanes) is 1. The van der Waals surface area contributed by atoms with E-state index in [2.05, 4.69) is 12.2 Å². The van der Waals surface area contributed by atoms with E-state index in [0.717, 1.165) is 41.8 Å². The third-order valence-corrected chi connectivity index (χ3v) is 4.10. The van der Waals surface area contributed by atoms with Gasteiger partial charge in [-0.2, -0.15) is 5.26 Å². The molecule has 0 atom stereocenters. The summed E-state index contributed by atoms with van der Waals surface area (Å²) in [6.07, 6.45) is 4.48. The van der Waals surface area contributed by atoms with Crippen LogP contribution in [0, 0.1) is 11.3 Å². The molecule has 0 unspecified atom stereocenters. The third kappa shape index (κ3) is 6.48. The zero-order valence-corrected chi connectivity index (χ0v) is 16.4. The number of nitrogens with one attached hydrogen (secondary N) is 1. The first-order chi connectivity index (χ1) is 13.7. The van der Waals surface area contributed by atoms with Gasteiger partial charge in [-0.25, -0.2) is 4.79 Å². The molecule has 0 aliphatic carbocycles. The summed E-state index contributed by atoms with van der Waals surface area (Å²) < 4.78 is 10.9. The smallest absolute Gasteiger partial charge is 0.350 e. The highest BCUT2D eigenvalue weighted by Gasteiger charge is 2.10. The van der Waals surface area contributed by atoms with Crippen molar-refractivity contribution in [2.45, 2.75) is 39.7 Å². The first kappa shape index (κ1) is 21.0. The average Bonchev–Trinajstić information content (AvgIpc) is 2.72. The third-order valence-electron chi connectivity index (χ3n) is 4.10. The molecule has 0 aliphatic rings. The minimum absolute atomic E-state index is 0.0799. The maximum absolute atomic E-state index is 11.7. The van der Waals surface area contributed by atoms with Crippen molar-refractivity contribution in [1.29, 1.82) is 5.26 Å². The largest absolute Gasteiger partial charge is 0.489 e. The molecule has 0 spiro atoms. The number of benzene rings is 2. The average molecular weight is 378 g/mol. The molecule has 2 aromatic carbocycles. The minimum atomic E-state index is -0.641. The van der Waals surface area contributed by atoms with E-state index < -0.39 is 5.97 Å². The first-order valence-corrected chi connectivity index (χ1v) is 9.51. The number of aryl methyl sites for hydroxylation is 1. The second-order valence-electron chi connectivity index (χ2n) is 6.23. The number of nitriles is 1. The second kappa shape index (κ2) is 11.5. The van der Waals surface area contributed by atoms with Crippen molar-refractivity contribution in [3.05, 3.63) is 71.4 Å². The van der Waals surface area contributed by atoms with Crippen LogP contribution in [0.15, 0.2) is 60.3 Å². The summed E-state index contributed by atoms with van der Waals surface area (Å²) in [5.74, 6) is 0.156. The van der Waals surface area contributed by atoms with Crippen LogP contribution >= 0.6 is 0 Å². The van der Waals surface area contributed by atoms with Gasteiger partial charge in [-0.05, 0) is 37.0 Å². The Bertz CT molecular complexity index is 839. The molecule has 0 saturated heterocycles. The number of hydrogen-bond acceptors (Lipinski definition) is 5. The molecule has 0 radical (unpaired) electrons. The summed E-state index contributed by atoms with van der Waals surface area (Å²) in [7, 11) is 0. The van der Waals surface area contributed by atoms with Crippen LogP contribution in [-0.4, -0.2) is 12.6 Å². The predicted octanol–water partition coefficient (Wildman–Crippen LogP) is 4.99. The lowest BCUT2D eigenvalue weighted by Gasteiger charge is -2.14. The Balaban J connectivity index is 2.16. The minimum Gasteiger partial charge on any atom is -0.489 e. The van der Waals surface area contributed by atoms with Gasteiger partial charge >= 0.3 is 5.97 Å². The highest BCUT2D eigenvalue weighted by Crippen LogP contribution is 2.26. The molecule has 28 heavy (non-hydrogen) atoms. The van der Waals surface area contributed by atoms with Crippen molar-refractivity contribution in [2.24, 2.45) is 0 Å². The molecule has 0 saturated carbocycles. The molecule has 0 amide bonds. The van der Waals surface area contributed by atoms with Crippen molar-refractivity contribution < 1.29 is 14.3 Å². The van der Waals surface area contributed by atoms with Crippen molar-refractivity contribution in [2.75, 3.05) is 11.9 Å². The molecular formula is C23H26N2O3.